The van der Waals surface area contributed by atoms with Gasteiger partial charge < -0.3 is 5.32 Å². The van der Waals surface area contributed by atoms with Crippen molar-refractivity contribution in [2.45, 2.75) is 19.4 Å². The van der Waals surface area contributed by atoms with Crippen LogP contribution in [-0.2, 0) is 13.5 Å². The Morgan fingerprint density at radius 1 is 1.40 bits per heavy atom. The minimum absolute atomic E-state index is 0.0650. The summed E-state index contributed by atoms with van der Waals surface area (Å²) in [6, 6.07) is 8.74. The molecule has 0 radical (unpaired) electrons. The zero-order valence-electron chi connectivity index (χ0n) is 11.6. The van der Waals surface area contributed by atoms with Gasteiger partial charge in [0.2, 0.25) is 0 Å². The molecule has 6 heteroatoms. The van der Waals surface area contributed by atoms with Gasteiger partial charge in [-0.15, -0.1) is 0 Å². The Hall–Kier alpha value is -2.21. The van der Waals surface area contributed by atoms with Crippen molar-refractivity contribution in [3.05, 3.63) is 57.9 Å². The lowest BCUT2D eigenvalue weighted by Crippen LogP contribution is -2.22. The number of benzene rings is 1. The molecule has 1 atom stereocenters. The minimum atomic E-state index is -0.339. The molecule has 0 aliphatic heterocycles. The number of nitro benzene ring substituents is 1. The van der Waals surface area contributed by atoms with Crippen LogP contribution in [0.25, 0.3) is 0 Å². The largest absolute Gasteiger partial charge is 0.310 e. The monoisotopic (exact) mass is 274 g/mol. The highest BCUT2D eigenvalue weighted by atomic mass is 16.6. The first kappa shape index (κ1) is 14.2. The van der Waals surface area contributed by atoms with Gasteiger partial charge in [0.05, 0.1) is 4.92 Å². The van der Waals surface area contributed by atoms with E-state index in [0.29, 0.717) is 5.56 Å². The van der Waals surface area contributed by atoms with Crippen LogP contribution >= 0.6 is 0 Å². The summed E-state index contributed by atoms with van der Waals surface area (Å²) in [7, 11) is 1.90. The summed E-state index contributed by atoms with van der Waals surface area (Å²) in [5.74, 6) is 0. The minimum Gasteiger partial charge on any atom is -0.310 e. The number of hydrogen-bond acceptors (Lipinski definition) is 4. The first-order valence-corrected chi connectivity index (χ1v) is 6.53. The van der Waals surface area contributed by atoms with Crippen LogP contribution in [0, 0.1) is 10.1 Å². The average molecular weight is 274 g/mol. The second-order valence-electron chi connectivity index (χ2n) is 4.69. The number of hydrogen-bond donors (Lipinski definition) is 1. The van der Waals surface area contributed by atoms with Gasteiger partial charge in [0.1, 0.15) is 0 Å². The van der Waals surface area contributed by atoms with E-state index in [1.54, 1.807) is 18.3 Å². The van der Waals surface area contributed by atoms with E-state index in [1.807, 2.05) is 30.8 Å². The quantitative estimate of drug-likeness (QED) is 0.647. The first-order chi connectivity index (χ1) is 9.59. The molecular formula is C14H18N4O2. The van der Waals surface area contributed by atoms with Crippen molar-refractivity contribution in [3.8, 4) is 0 Å². The Labute approximate surface area is 117 Å². The summed E-state index contributed by atoms with van der Waals surface area (Å²) < 4.78 is 1.83. The number of rotatable bonds is 6. The first-order valence-electron chi connectivity index (χ1n) is 6.53. The topological polar surface area (TPSA) is 73.0 Å². The Morgan fingerprint density at radius 3 is 2.80 bits per heavy atom. The molecular weight excluding hydrogens is 256 g/mol. The maximum atomic E-state index is 11.0. The molecule has 0 bridgehead atoms. The van der Waals surface area contributed by atoms with Crippen LogP contribution in [0.15, 0.2) is 36.5 Å². The van der Waals surface area contributed by atoms with Crippen LogP contribution in [0.1, 0.15) is 24.2 Å². The molecule has 0 saturated heterocycles. The van der Waals surface area contributed by atoms with Crippen molar-refractivity contribution in [1.29, 1.82) is 0 Å². The molecule has 1 aromatic heterocycles. The van der Waals surface area contributed by atoms with E-state index in [2.05, 4.69) is 10.4 Å². The van der Waals surface area contributed by atoms with Crippen LogP contribution in [0.4, 0.5) is 5.69 Å². The van der Waals surface area contributed by atoms with E-state index in [-0.39, 0.29) is 16.7 Å². The second kappa shape index (κ2) is 6.29. The van der Waals surface area contributed by atoms with Crippen LogP contribution in [-0.4, -0.2) is 21.2 Å². The predicted octanol–water partition coefficient (Wildman–Crippen LogP) is 2.22. The van der Waals surface area contributed by atoms with Crippen LogP contribution in [0.2, 0.25) is 0 Å². The molecule has 1 heterocycles. The normalized spacial score (nSPS) is 12.3. The van der Waals surface area contributed by atoms with E-state index < -0.39 is 0 Å². The molecule has 0 aliphatic carbocycles. The highest BCUT2D eigenvalue weighted by Crippen LogP contribution is 2.24. The fourth-order valence-electron chi connectivity index (χ4n) is 2.19. The summed E-state index contributed by atoms with van der Waals surface area (Å²) in [4.78, 5) is 10.7. The molecule has 1 aromatic carbocycles. The van der Waals surface area contributed by atoms with Crippen molar-refractivity contribution in [2.24, 2.45) is 7.05 Å². The summed E-state index contributed by atoms with van der Waals surface area (Å²) in [5.41, 5.74) is 2.00. The molecule has 106 valence electrons. The third-order valence-corrected chi connectivity index (χ3v) is 3.35. The predicted molar refractivity (Wildman–Crippen MR) is 76.4 cm³/mol. The van der Waals surface area contributed by atoms with E-state index in [9.17, 15) is 10.1 Å². The van der Waals surface area contributed by atoms with Crippen molar-refractivity contribution in [2.75, 3.05) is 6.54 Å². The number of nitrogens with one attached hydrogen (secondary N) is 1. The second-order valence-corrected chi connectivity index (χ2v) is 4.69. The van der Waals surface area contributed by atoms with E-state index in [4.69, 9.17) is 0 Å². The standard InChI is InChI=1S/C14H18N4O2/c1-11(13-5-3-4-6-14(13)18(19)20)15-9-7-12-8-10-16-17(12)2/h3-6,8,10-11,15H,7,9H2,1-2H3. The SMILES string of the molecule is CC(NCCc1ccnn1C)c1ccccc1[N+](=O)[O-]. The molecule has 20 heavy (non-hydrogen) atoms. The Bertz CT molecular complexity index is 594. The van der Waals surface area contributed by atoms with Crippen molar-refractivity contribution in [1.82, 2.24) is 15.1 Å². The van der Waals surface area contributed by atoms with Crippen molar-refractivity contribution < 1.29 is 4.92 Å². The molecule has 0 amide bonds. The van der Waals surface area contributed by atoms with Gasteiger partial charge in [0.25, 0.3) is 5.69 Å². The molecule has 2 rings (SSSR count). The molecule has 1 N–H and O–H groups in total. The van der Waals surface area contributed by atoms with E-state index >= 15 is 0 Å². The summed E-state index contributed by atoms with van der Waals surface area (Å²) in [6.45, 7) is 2.68. The lowest BCUT2D eigenvalue weighted by Gasteiger charge is -2.14. The van der Waals surface area contributed by atoms with Crippen LogP contribution in [0.3, 0.4) is 0 Å². The van der Waals surface area contributed by atoms with Crippen molar-refractivity contribution in [3.63, 3.8) is 0 Å². The van der Waals surface area contributed by atoms with Crippen LogP contribution < -0.4 is 5.32 Å². The molecule has 1 unspecified atom stereocenters. The van der Waals surface area contributed by atoms with Gasteiger partial charge in [0.15, 0.2) is 0 Å². The maximum Gasteiger partial charge on any atom is 0.274 e. The summed E-state index contributed by atoms with van der Waals surface area (Å²) in [5, 5.41) is 18.4. The fraction of sp³-hybridized carbons (Fsp3) is 0.357. The zero-order valence-corrected chi connectivity index (χ0v) is 11.6. The summed E-state index contributed by atoms with van der Waals surface area (Å²) >= 11 is 0. The Kier molecular flexibility index (Phi) is 4.47. The lowest BCUT2D eigenvalue weighted by atomic mass is 10.1. The fourth-order valence-corrected chi connectivity index (χ4v) is 2.19. The van der Waals surface area contributed by atoms with Gasteiger partial charge in [-0.1, -0.05) is 18.2 Å². The highest BCUT2D eigenvalue weighted by molar-refractivity contribution is 5.41. The van der Waals surface area contributed by atoms with Crippen LogP contribution in [0.5, 0.6) is 0 Å². The smallest absolute Gasteiger partial charge is 0.274 e. The van der Waals surface area contributed by atoms with Gasteiger partial charge >= 0.3 is 0 Å². The zero-order chi connectivity index (χ0) is 14.5. The van der Waals surface area contributed by atoms with E-state index in [0.717, 1.165) is 18.7 Å². The van der Waals surface area contributed by atoms with Gasteiger partial charge in [-0.05, 0) is 13.0 Å². The van der Waals surface area contributed by atoms with Crippen molar-refractivity contribution >= 4 is 5.69 Å². The number of nitrogens with zero attached hydrogens (tertiary/aromatic N) is 3. The molecule has 0 spiro atoms. The van der Waals surface area contributed by atoms with Gasteiger partial charge in [0, 0.05) is 49.6 Å². The van der Waals surface area contributed by atoms with E-state index in [1.165, 1.54) is 6.07 Å². The third kappa shape index (κ3) is 3.21. The molecule has 0 saturated carbocycles. The Morgan fingerprint density at radius 2 is 2.15 bits per heavy atom. The molecule has 0 aliphatic rings. The lowest BCUT2D eigenvalue weighted by molar-refractivity contribution is -0.385. The summed E-state index contributed by atoms with van der Waals surface area (Å²) in [6.07, 6.45) is 2.60. The van der Waals surface area contributed by atoms with Gasteiger partial charge in [-0.3, -0.25) is 14.8 Å². The van der Waals surface area contributed by atoms with Gasteiger partial charge in [-0.25, -0.2) is 0 Å². The number of nitro groups is 1. The number of para-hydroxylation sites is 1. The molecule has 0 fully saturated rings. The molecule has 2 aromatic rings. The van der Waals surface area contributed by atoms with Gasteiger partial charge in [-0.2, -0.15) is 5.10 Å². The molecule has 6 nitrogen and oxygen atoms in total. The highest BCUT2D eigenvalue weighted by Gasteiger charge is 2.17. The Balaban J connectivity index is 1.97. The number of aromatic nitrogens is 2. The number of aryl methyl sites for hydroxylation is 1. The third-order valence-electron chi connectivity index (χ3n) is 3.35. The average Bonchev–Trinajstić information content (AvgIpc) is 2.84. The maximum absolute atomic E-state index is 11.0.